The van der Waals surface area contributed by atoms with Gasteiger partial charge in [0.25, 0.3) is 11.5 Å². The Labute approximate surface area is 171 Å². The van der Waals surface area contributed by atoms with Crippen LogP contribution in [-0.2, 0) is 0 Å². The number of aryl methyl sites for hydroxylation is 2. The van der Waals surface area contributed by atoms with Gasteiger partial charge in [-0.2, -0.15) is 0 Å². The third kappa shape index (κ3) is 3.22. The van der Waals surface area contributed by atoms with Crippen molar-refractivity contribution < 1.29 is 13.9 Å². The van der Waals surface area contributed by atoms with Crippen LogP contribution >= 0.6 is 0 Å². The van der Waals surface area contributed by atoms with Gasteiger partial charge in [0.2, 0.25) is 0 Å². The highest BCUT2D eigenvalue weighted by Crippen LogP contribution is 2.28. The molecule has 2 heterocycles. The van der Waals surface area contributed by atoms with E-state index in [2.05, 4.69) is 15.4 Å². The third-order valence-corrected chi connectivity index (χ3v) is 4.84. The largest absolute Gasteiger partial charge is 0.495 e. The van der Waals surface area contributed by atoms with Crippen molar-refractivity contribution in [2.45, 2.75) is 13.8 Å². The molecule has 0 radical (unpaired) electrons. The van der Waals surface area contributed by atoms with Gasteiger partial charge in [-0.3, -0.25) is 14.7 Å². The van der Waals surface area contributed by atoms with Crippen molar-refractivity contribution in [1.82, 2.24) is 14.6 Å². The number of aromatic amines is 1. The van der Waals surface area contributed by atoms with Gasteiger partial charge in [0.05, 0.1) is 18.5 Å². The number of halogens is 1. The van der Waals surface area contributed by atoms with E-state index in [1.165, 1.54) is 23.8 Å². The first-order valence-corrected chi connectivity index (χ1v) is 9.23. The molecule has 30 heavy (non-hydrogen) atoms. The van der Waals surface area contributed by atoms with Crippen LogP contribution in [0.3, 0.4) is 0 Å². The lowest BCUT2D eigenvalue weighted by Crippen LogP contribution is -2.29. The molecule has 2 aromatic carbocycles. The molecule has 0 bridgehead atoms. The lowest BCUT2D eigenvalue weighted by molar-refractivity contribution is 0.102. The molecule has 0 unspecified atom stereocenters. The number of hydrogen-bond donors (Lipinski definition) is 2. The monoisotopic (exact) mass is 406 g/mol. The summed E-state index contributed by atoms with van der Waals surface area (Å²) >= 11 is 0. The van der Waals surface area contributed by atoms with Crippen molar-refractivity contribution in [3.05, 3.63) is 81.7 Å². The molecule has 0 spiro atoms. The van der Waals surface area contributed by atoms with Crippen LogP contribution in [0.5, 0.6) is 5.75 Å². The highest BCUT2D eigenvalue weighted by atomic mass is 19.1. The van der Waals surface area contributed by atoms with Gasteiger partial charge >= 0.3 is 0 Å². The van der Waals surface area contributed by atoms with E-state index in [9.17, 15) is 14.0 Å². The van der Waals surface area contributed by atoms with E-state index in [-0.39, 0.29) is 22.7 Å². The van der Waals surface area contributed by atoms with E-state index in [0.717, 1.165) is 22.9 Å². The van der Waals surface area contributed by atoms with E-state index in [4.69, 9.17) is 4.74 Å². The van der Waals surface area contributed by atoms with E-state index in [0.29, 0.717) is 5.65 Å². The lowest BCUT2D eigenvalue weighted by Gasteiger charge is -2.11. The van der Waals surface area contributed by atoms with Crippen LogP contribution in [0.2, 0.25) is 0 Å². The first kappa shape index (κ1) is 19.4. The van der Waals surface area contributed by atoms with E-state index >= 15 is 0 Å². The minimum absolute atomic E-state index is 0.124. The topological polar surface area (TPSA) is 88.5 Å². The number of rotatable bonds is 4. The Balaban J connectivity index is 1.83. The first-order valence-electron chi connectivity index (χ1n) is 9.23. The molecule has 2 N–H and O–H groups in total. The van der Waals surface area contributed by atoms with Crippen LogP contribution in [0, 0.1) is 19.7 Å². The second-order valence-electron chi connectivity index (χ2n) is 6.81. The zero-order valence-electron chi connectivity index (χ0n) is 16.6. The number of nitrogens with zero attached hydrogens (tertiary/aromatic N) is 2. The van der Waals surface area contributed by atoms with Gasteiger partial charge in [0, 0.05) is 17.3 Å². The summed E-state index contributed by atoms with van der Waals surface area (Å²) in [7, 11) is 1.41. The van der Waals surface area contributed by atoms with Crippen molar-refractivity contribution in [3.8, 4) is 16.9 Å². The van der Waals surface area contributed by atoms with Crippen molar-refractivity contribution in [2.24, 2.45) is 0 Å². The number of benzene rings is 2. The molecule has 0 aliphatic carbocycles. The second kappa shape index (κ2) is 7.47. The number of amides is 1. The minimum Gasteiger partial charge on any atom is -0.495 e. The molecule has 0 atom stereocenters. The van der Waals surface area contributed by atoms with Crippen LogP contribution in [0.4, 0.5) is 10.1 Å². The number of nitrogens with one attached hydrogen (secondary N) is 2. The van der Waals surface area contributed by atoms with Crippen LogP contribution in [0.25, 0.3) is 16.8 Å². The zero-order valence-corrected chi connectivity index (χ0v) is 16.6. The average Bonchev–Trinajstić information content (AvgIpc) is 3.05. The van der Waals surface area contributed by atoms with E-state index < -0.39 is 17.3 Å². The van der Waals surface area contributed by atoms with Crippen LogP contribution < -0.4 is 15.6 Å². The molecule has 0 aliphatic heterocycles. The van der Waals surface area contributed by atoms with Gasteiger partial charge < -0.3 is 10.1 Å². The number of anilines is 1. The predicted molar refractivity (Wildman–Crippen MR) is 112 cm³/mol. The summed E-state index contributed by atoms with van der Waals surface area (Å²) in [5.41, 5.74) is 2.57. The molecule has 152 valence electrons. The molecule has 7 nitrogen and oxygen atoms in total. The molecule has 0 saturated carbocycles. The lowest BCUT2D eigenvalue weighted by atomic mass is 10.1. The predicted octanol–water partition coefficient (Wildman–Crippen LogP) is 3.71. The number of ether oxygens (including phenoxy) is 1. The maximum atomic E-state index is 13.6. The highest BCUT2D eigenvalue weighted by Gasteiger charge is 2.22. The molecule has 1 amide bonds. The average molecular weight is 406 g/mol. The molecule has 4 aromatic rings. The van der Waals surface area contributed by atoms with Gasteiger partial charge in [-0.1, -0.05) is 30.3 Å². The minimum atomic E-state index is -0.697. The van der Waals surface area contributed by atoms with Gasteiger partial charge in [0.15, 0.2) is 5.65 Å². The Hall–Kier alpha value is -3.94. The standard InChI is InChI=1S/C22H19FN4O3/c1-12-19(21(28)25-16-11-15(23)9-10-17(16)30-3)22(29)27-20(24-12)18(13(2)26-27)14-7-5-4-6-8-14/h4-11,26H,1-3H3,(H,25,28). The Morgan fingerprint density at radius 1 is 1.17 bits per heavy atom. The third-order valence-electron chi connectivity index (χ3n) is 4.84. The number of carbonyl (C=O) groups excluding carboxylic acids is 1. The molecule has 0 aliphatic rings. The number of aromatic nitrogens is 3. The molecule has 4 rings (SSSR count). The fraction of sp³-hybridized carbons (Fsp3) is 0.136. The number of carbonyl (C=O) groups is 1. The number of fused-ring (bicyclic) bond motifs is 1. The van der Waals surface area contributed by atoms with Crippen LogP contribution in [-0.4, -0.2) is 27.6 Å². The smallest absolute Gasteiger partial charge is 0.285 e. The summed E-state index contributed by atoms with van der Waals surface area (Å²) in [5.74, 6) is -0.962. The molecular weight excluding hydrogens is 387 g/mol. The van der Waals surface area contributed by atoms with Crippen molar-refractivity contribution in [1.29, 1.82) is 0 Å². The van der Waals surface area contributed by atoms with Crippen LogP contribution in [0.1, 0.15) is 21.7 Å². The van der Waals surface area contributed by atoms with Crippen molar-refractivity contribution in [2.75, 3.05) is 12.4 Å². The van der Waals surface area contributed by atoms with Gasteiger partial charge in [-0.25, -0.2) is 13.9 Å². The summed E-state index contributed by atoms with van der Waals surface area (Å²) in [4.78, 5) is 30.5. The summed E-state index contributed by atoms with van der Waals surface area (Å²) in [5, 5.41) is 5.54. The molecular formula is C22H19FN4O3. The Kier molecular flexibility index (Phi) is 4.83. The quantitative estimate of drug-likeness (QED) is 0.541. The summed E-state index contributed by atoms with van der Waals surface area (Å²) < 4.78 is 20.0. The summed E-state index contributed by atoms with van der Waals surface area (Å²) in [6, 6.07) is 13.3. The second-order valence-corrected chi connectivity index (χ2v) is 6.81. The maximum Gasteiger partial charge on any atom is 0.285 e. The van der Waals surface area contributed by atoms with E-state index in [1.807, 2.05) is 37.3 Å². The van der Waals surface area contributed by atoms with Crippen molar-refractivity contribution >= 4 is 17.2 Å². The molecule has 0 saturated heterocycles. The highest BCUT2D eigenvalue weighted by molar-refractivity contribution is 6.05. The maximum absolute atomic E-state index is 13.6. The molecule has 8 heteroatoms. The normalized spacial score (nSPS) is 10.9. The molecule has 2 aromatic heterocycles. The summed E-state index contributed by atoms with van der Waals surface area (Å²) in [6.45, 7) is 3.43. The van der Waals surface area contributed by atoms with Crippen LogP contribution in [0.15, 0.2) is 53.3 Å². The number of H-pyrrole nitrogens is 1. The fourth-order valence-corrected chi connectivity index (χ4v) is 3.46. The first-order chi connectivity index (χ1) is 14.4. The number of hydrogen-bond acceptors (Lipinski definition) is 4. The van der Waals surface area contributed by atoms with Gasteiger partial charge in [-0.05, 0) is 31.5 Å². The zero-order chi connectivity index (χ0) is 21.4. The Bertz CT molecular complexity index is 1330. The number of methoxy groups -OCH3 is 1. The fourth-order valence-electron chi connectivity index (χ4n) is 3.46. The van der Waals surface area contributed by atoms with Crippen molar-refractivity contribution in [3.63, 3.8) is 0 Å². The van der Waals surface area contributed by atoms with Gasteiger partial charge in [-0.15, -0.1) is 0 Å². The Morgan fingerprint density at radius 3 is 2.60 bits per heavy atom. The van der Waals surface area contributed by atoms with Gasteiger partial charge in [0.1, 0.15) is 17.1 Å². The summed E-state index contributed by atoms with van der Waals surface area (Å²) in [6.07, 6.45) is 0. The Morgan fingerprint density at radius 2 is 1.90 bits per heavy atom. The SMILES string of the molecule is COc1ccc(F)cc1NC(=O)c1c(C)nc2c(-c3ccccc3)c(C)[nH]n2c1=O. The van der Waals surface area contributed by atoms with E-state index in [1.54, 1.807) is 6.92 Å². The molecule has 0 fully saturated rings.